The minimum absolute atomic E-state index is 0.0214. The van der Waals surface area contributed by atoms with Gasteiger partial charge in [-0.05, 0) is 56.9 Å². The lowest BCUT2D eigenvalue weighted by Crippen LogP contribution is -2.13. The number of hydrogen-bond acceptors (Lipinski definition) is 4. The number of carbonyl (C=O) groups is 1. The van der Waals surface area contributed by atoms with Crippen LogP contribution in [0, 0.1) is 11.3 Å². The number of nitrogens with zero attached hydrogens (tertiary/aromatic N) is 2. The first-order chi connectivity index (χ1) is 16.6. The monoisotopic (exact) mass is 479 g/mol. The lowest BCUT2D eigenvalue weighted by Gasteiger charge is -2.09. The van der Waals surface area contributed by atoms with Crippen molar-refractivity contribution in [3.63, 3.8) is 0 Å². The molecule has 0 fully saturated rings. The van der Waals surface area contributed by atoms with Gasteiger partial charge in [-0.25, -0.2) is 4.98 Å². The summed E-state index contributed by atoms with van der Waals surface area (Å²) in [6.07, 6.45) is 4.06. The third-order valence-electron chi connectivity index (χ3n) is 5.51. The topological polar surface area (TPSA) is 65.8 Å². The number of aromatic nitrogens is 1. The van der Waals surface area contributed by atoms with Crippen molar-refractivity contribution < 1.29 is 4.79 Å². The van der Waals surface area contributed by atoms with Gasteiger partial charge in [0.05, 0.1) is 0 Å². The molecular weight excluding hydrogens is 462 g/mol. The van der Waals surface area contributed by atoms with Gasteiger partial charge in [0.2, 0.25) is 0 Å². The maximum atomic E-state index is 13.0. The number of nitrogens with one attached hydrogen (secondary N) is 1. The molecule has 0 aliphatic rings. The molecule has 0 saturated carbocycles. The highest BCUT2D eigenvalue weighted by atomic mass is 35.5. The highest BCUT2D eigenvalue weighted by Gasteiger charge is 2.14. The molecule has 1 aromatic heterocycles. The Balaban J connectivity index is 1.44. The fourth-order valence-corrected chi connectivity index (χ4v) is 5.01. The van der Waals surface area contributed by atoms with Crippen LogP contribution in [0.5, 0.6) is 0 Å². The first-order valence-electron chi connectivity index (χ1n) is 10.6. The molecular formula is C28H18ClN3OS. The predicted molar refractivity (Wildman–Crippen MR) is 140 cm³/mol. The number of anilines is 1. The van der Waals surface area contributed by atoms with Gasteiger partial charge in [-0.1, -0.05) is 72.3 Å². The standard InChI is InChI=1S/C28H18ClN3OS/c29-22-9-5-6-18(12-22)13-23-17-31-28(34-23)32-27(33)21(16-30)15-26-24-10-3-1-7-19(24)14-20-8-2-4-11-25(20)26/h1-12,14-15,17H,13H2,(H,31,32,33). The fraction of sp³-hybridized carbons (Fsp3) is 0.0357. The van der Waals surface area contributed by atoms with E-state index in [-0.39, 0.29) is 5.57 Å². The Kier molecular flexibility index (Phi) is 6.09. The summed E-state index contributed by atoms with van der Waals surface area (Å²) in [7, 11) is 0. The summed E-state index contributed by atoms with van der Waals surface area (Å²) in [6, 6.07) is 27.8. The van der Waals surface area contributed by atoms with E-state index in [9.17, 15) is 10.1 Å². The van der Waals surface area contributed by atoms with E-state index in [1.807, 2.05) is 72.8 Å². The van der Waals surface area contributed by atoms with Gasteiger partial charge < -0.3 is 0 Å². The normalized spacial score (nSPS) is 11.5. The highest BCUT2D eigenvalue weighted by molar-refractivity contribution is 7.15. The molecule has 34 heavy (non-hydrogen) atoms. The Bertz CT molecular complexity index is 1560. The number of amides is 1. The third-order valence-corrected chi connectivity index (χ3v) is 6.66. The molecule has 0 radical (unpaired) electrons. The Morgan fingerprint density at radius 3 is 2.38 bits per heavy atom. The van der Waals surface area contributed by atoms with Crippen LogP contribution in [0.1, 0.15) is 16.0 Å². The van der Waals surface area contributed by atoms with E-state index in [1.54, 1.807) is 12.3 Å². The minimum Gasteiger partial charge on any atom is -0.297 e. The van der Waals surface area contributed by atoms with Crippen LogP contribution >= 0.6 is 22.9 Å². The van der Waals surface area contributed by atoms with E-state index in [0.29, 0.717) is 16.6 Å². The zero-order valence-electron chi connectivity index (χ0n) is 18.0. The SMILES string of the molecule is N#CC(=Cc1c2ccccc2cc2ccccc12)C(=O)Nc1ncc(Cc2cccc(Cl)c2)s1. The molecule has 0 aliphatic heterocycles. The third kappa shape index (κ3) is 4.55. The van der Waals surface area contributed by atoms with Crippen molar-refractivity contribution in [3.8, 4) is 6.07 Å². The number of rotatable bonds is 5. The Morgan fingerprint density at radius 1 is 1.00 bits per heavy atom. The molecule has 0 atom stereocenters. The zero-order chi connectivity index (χ0) is 23.5. The summed E-state index contributed by atoms with van der Waals surface area (Å²) in [5.41, 5.74) is 1.93. The molecule has 0 saturated heterocycles. The van der Waals surface area contributed by atoms with Crippen LogP contribution < -0.4 is 5.32 Å². The van der Waals surface area contributed by atoms with Crippen molar-refractivity contribution in [3.05, 3.63) is 112 Å². The second-order valence-corrected chi connectivity index (χ2v) is 9.35. The van der Waals surface area contributed by atoms with E-state index in [4.69, 9.17) is 11.6 Å². The molecule has 0 bridgehead atoms. The summed E-state index contributed by atoms with van der Waals surface area (Å²) in [6.45, 7) is 0. The minimum atomic E-state index is -0.483. The molecule has 6 heteroatoms. The van der Waals surface area contributed by atoms with Gasteiger partial charge in [0.1, 0.15) is 11.6 Å². The summed E-state index contributed by atoms with van der Waals surface area (Å²) in [5, 5.41) is 17.8. The number of carbonyl (C=O) groups excluding carboxylic acids is 1. The Morgan fingerprint density at radius 2 is 1.71 bits per heavy atom. The van der Waals surface area contributed by atoms with Gasteiger partial charge in [-0.15, -0.1) is 11.3 Å². The maximum absolute atomic E-state index is 13.0. The van der Waals surface area contributed by atoms with Crippen LogP contribution in [0.3, 0.4) is 0 Å². The molecule has 164 valence electrons. The van der Waals surface area contributed by atoms with Crippen LogP contribution in [0.15, 0.2) is 90.6 Å². The molecule has 1 heterocycles. The zero-order valence-corrected chi connectivity index (χ0v) is 19.5. The maximum Gasteiger partial charge on any atom is 0.268 e. The van der Waals surface area contributed by atoms with Crippen LogP contribution in [0.4, 0.5) is 5.13 Å². The summed E-state index contributed by atoms with van der Waals surface area (Å²) < 4.78 is 0. The van der Waals surface area contributed by atoms with E-state index in [0.717, 1.165) is 37.5 Å². The van der Waals surface area contributed by atoms with E-state index < -0.39 is 5.91 Å². The number of thiazole rings is 1. The second-order valence-electron chi connectivity index (χ2n) is 7.79. The first-order valence-corrected chi connectivity index (χ1v) is 11.8. The van der Waals surface area contributed by atoms with Crippen LogP contribution in [-0.4, -0.2) is 10.9 Å². The van der Waals surface area contributed by atoms with E-state index in [2.05, 4.69) is 22.4 Å². The number of hydrogen-bond donors (Lipinski definition) is 1. The lowest BCUT2D eigenvalue weighted by molar-refractivity contribution is -0.112. The Labute approximate surface area is 205 Å². The molecule has 5 aromatic rings. The molecule has 0 spiro atoms. The largest absolute Gasteiger partial charge is 0.297 e. The van der Waals surface area contributed by atoms with Gasteiger partial charge in [0.25, 0.3) is 5.91 Å². The smallest absolute Gasteiger partial charge is 0.268 e. The van der Waals surface area contributed by atoms with Gasteiger partial charge in [-0.3, -0.25) is 10.1 Å². The van der Waals surface area contributed by atoms with Gasteiger partial charge in [-0.2, -0.15) is 5.26 Å². The number of fused-ring (bicyclic) bond motifs is 2. The molecule has 5 rings (SSSR count). The van der Waals surface area contributed by atoms with Gasteiger partial charge >= 0.3 is 0 Å². The Hall–Kier alpha value is -3.98. The molecule has 1 N–H and O–H groups in total. The average Bonchev–Trinajstić information content (AvgIpc) is 3.28. The quantitative estimate of drug-likeness (QED) is 0.164. The first kappa shape index (κ1) is 21.8. The van der Waals surface area contributed by atoms with Crippen molar-refractivity contribution in [1.29, 1.82) is 5.26 Å². The molecule has 4 nitrogen and oxygen atoms in total. The van der Waals surface area contributed by atoms with Crippen molar-refractivity contribution >= 4 is 61.6 Å². The molecule has 0 unspecified atom stereocenters. The summed E-state index contributed by atoms with van der Waals surface area (Å²) in [4.78, 5) is 18.3. The lowest BCUT2D eigenvalue weighted by atomic mass is 9.95. The van der Waals surface area contributed by atoms with Gasteiger partial charge in [0.15, 0.2) is 5.13 Å². The number of benzene rings is 4. The molecule has 0 aliphatic carbocycles. The van der Waals surface area contributed by atoms with Gasteiger partial charge in [0, 0.05) is 22.5 Å². The van der Waals surface area contributed by atoms with Crippen LogP contribution in [0.2, 0.25) is 5.02 Å². The predicted octanol–water partition coefficient (Wildman–Crippen LogP) is 7.24. The van der Waals surface area contributed by atoms with E-state index in [1.165, 1.54) is 11.3 Å². The summed E-state index contributed by atoms with van der Waals surface area (Å²) in [5.74, 6) is -0.483. The summed E-state index contributed by atoms with van der Waals surface area (Å²) >= 11 is 7.45. The van der Waals surface area contributed by atoms with Crippen LogP contribution in [-0.2, 0) is 11.2 Å². The highest BCUT2D eigenvalue weighted by Crippen LogP contribution is 2.30. The van der Waals surface area contributed by atoms with E-state index >= 15 is 0 Å². The molecule has 1 amide bonds. The van der Waals surface area contributed by atoms with Crippen molar-refractivity contribution in [2.75, 3.05) is 5.32 Å². The van der Waals surface area contributed by atoms with Crippen molar-refractivity contribution in [1.82, 2.24) is 4.98 Å². The molecule has 4 aromatic carbocycles. The second kappa shape index (κ2) is 9.48. The number of halogens is 1. The fourth-order valence-electron chi connectivity index (χ4n) is 3.96. The average molecular weight is 480 g/mol. The number of nitriles is 1. The van der Waals surface area contributed by atoms with Crippen molar-refractivity contribution in [2.24, 2.45) is 0 Å². The van der Waals surface area contributed by atoms with Crippen LogP contribution in [0.25, 0.3) is 27.6 Å². The van der Waals surface area contributed by atoms with Crippen molar-refractivity contribution in [2.45, 2.75) is 6.42 Å².